The second-order valence-corrected chi connectivity index (χ2v) is 11.8. The van der Waals surface area contributed by atoms with Gasteiger partial charge in [0.2, 0.25) is 5.95 Å². The number of aromatic nitrogens is 1. The molecule has 3 rings (SSSR count). The molecule has 4 atom stereocenters. The number of halogens is 2. The highest BCUT2D eigenvalue weighted by atomic mass is 35.5. The molecule has 1 saturated carbocycles. The lowest BCUT2D eigenvalue weighted by Crippen LogP contribution is -2.18. The molecule has 2 aromatic rings. The molecule has 1 aliphatic rings. The number of hydrogen-bond acceptors (Lipinski definition) is 6. The molecule has 188 valence electrons. The van der Waals surface area contributed by atoms with Crippen molar-refractivity contribution in [2.75, 3.05) is 12.9 Å². The maximum atomic E-state index is 13.9. The van der Waals surface area contributed by atoms with Crippen LogP contribution in [0, 0.1) is 17.8 Å². The summed E-state index contributed by atoms with van der Waals surface area (Å²) in [6, 6.07) is 8.26. The molecule has 1 aliphatic carbocycles. The highest BCUT2D eigenvalue weighted by Crippen LogP contribution is 2.42. The Hall–Kier alpha value is -1.15. The van der Waals surface area contributed by atoms with Crippen LogP contribution in [0.5, 0.6) is 0 Å². The van der Waals surface area contributed by atoms with Crippen molar-refractivity contribution in [2.24, 2.45) is 11.8 Å². The van der Waals surface area contributed by atoms with Gasteiger partial charge in [-0.25, -0.2) is 9.78 Å². The molecule has 1 aromatic heterocycles. The SMILES string of the molecule is CCCCCC(O)c1cccc(SC[C@H]2C(Cl)CC[C@@H]2CCCc2nc(F)c(C(=O)OC)s2)c1. The Balaban J connectivity index is 1.50. The summed E-state index contributed by atoms with van der Waals surface area (Å²) in [5, 5.41) is 11.3. The summed E-state index contributed by atoms with van der Waals surface area (Å²) in [5.74, 6) is 0.496. The lowest BCUT2D eigenvalue weighted by atomic mass is 9.92. The maximum Gasteiger partial charge on any atom is 0.352 e. The third-order valence-electron chi connectivity index (χ3n) is 6.62. The zero-order chi connectivity index (χ0) is 24.5. The number of unbranched alkanes of at least 4 members (excludes halogenated alkanes) is 2. The van der Waals surface area contributed by atoms with Crippen LogP contribution < -0.4 is 0 Å². The molecule has 8 heteroatoms. The average Bonchev–Trinajstić information content (AvgIpc) is 3.39. The van der Waals surface area contributed by atoms with Gasteiger partial charge in [-0.15, -0.1) is 34.7 Å². The summed E-state index contributed by atoms with van der Waals surface area (Å²) in [4.78, 5) is 16.6. The molecule has 0 bridgehead atoms. The number of thiazole rings is 1. The third-order valence-corrected chi connectivity index (χ3v) is 9.37. The second-order valence-electron chi connectivity index (χ2n) is 9.02. The summed E-state index contributed by atoms with van der Waals surface area (Å²) in [6.07, 6.45) is 8.44. The van der Waals surface area contributed by atoms with Crippen molar-refractivity contribution >= 4 is 40.7 Å². The zero-order valence-corrected chi connectivity index (χ0v) is 22.4. The van der Waals surface area contributed by atoms with Crippen molar-refractivity contribution in [3.05, 3.63) is 45.7 Å². The Kier molecular flexibility index (Phi) is 11.1. The predicted molar refractivity (Wildman–Crippen MR) is 138 cm³/mol. The number of esters is 1. The van der Waals surface area contributed by atoms with E-state index in [4.69, 9.17) is 11.6 Å². The van der Waals surface area contributed by atoms with Crippen molar-refractivity contribution in [2.45, 2.75) is 81.1 Å². The lowest BCUT2D eigenvalue weighted by molar-refractivity contribution is 0.0601. The van der Waals surface area contributed by atoms with Gasteiger partial charge in [0.25, 0.3) is 0 Å². The first kappa shape index (κ1) is 27.4. The van der Waals surface area contributed by atoms with E-state index in [-0.39, 0.29) is 10.3 Å². The normalized spacial score (nSPS) is 21.0. The van der Waals surface area contributed by atoms with Crippen LogP contribution in [0.4, 0.5) is 4.39 Å². The van der Waals surface area contributed by atoms with E-state index < -0.39 is 18.0 Å². The van der Waals surface area contributed by atoms with E-state index in [0.29, 0.717) is 23.3 Å². The fourth-order valence-corrected chi connectivity index (χ4v) is 7.35. The van der Waals surface area contributed by atoms with Crippen LogP contribution in [0.1, 0.15) is 84.6 Å². The quantitative estimate of drug-likeness (QED) is 0.127. The number of aliphatic hydroxyl groups excluding tert-OH is 1. The first-order valence-corrected chi connectivity index (χ1v) is 14.4. The van der Waals surface area contributed by atoms with Crippen LogP contribution >= 0.6 is 34.7 Å². The van der Waals surface area contributed by atoms with Gasteiger partial charge < -0.3 is 9.84 Å². The van der Waals surface area contributed by atoms with Crippen molar-refractivity contribution < 1.29 is 19.0 Å². The van der Waals surface area contributed by atoms with Gasteiger partial charge in [0, 0.05) is 16.0 Å². The number of alkyl halides is 1. The minimum absolute atomic E-state index is 0.0498. The number of benzene rings is 1. The van der Waals surface area contributed by atoms with E-state index in [9.17, 15) is 14.3 Å². The van der Waals surface area contributed by atoms with Crippen LogP contribution in [0.25, 0.3) is 0 Å². The largest absolute Gasteiger partial charge is 0.465 e. The molecule has 0 radical (unpaired) electrons. The number of aryl methyl sites for hydroxylation is 1. The van der Waals surface area contributed by atoms with Gasteiger partial charge >= 0.3 is 5.97 Å². The van der Waals surface area contributed by atoms with Crippen molar-refractivity contribution in [3.63, 3.8) is 0 Å². The molecular weight excluding hydrogens is 493 g/mol. The van der Waals surface area contributed by atoms with E-state index in [1.807, 2.05) is 23.9 Å². The third kappa shape index (κ3) is 7.67. The minimum Gasteiger partial charge on any atom is -0.465 e. The number of methoxy groups -OCH3 is 1. The van der Waals surface area contributed by atoms with Crippen molar-refractivity contribution in [1.82, 2.24) is 4.98 Å². The summed E-state index contributed by atoms with van der Waals surface area (Å²) in [5.41, 5.74) is 0.994. The first-order chi connectivity index (χ1) is 16.4. The van der Waals surface area contributed by atoms with Crippen LogP contribution in [-0.2, 0) is 11.2 Å². The van der Waals surface area contributed by atoms with Gasteiger partial charge in [0.05, 0.1) is 18.2 Å². The topological polar surface area (TPSA) is 59.4 Å². The van der Waals surface area contributed by atoms with Gasteiger partial charge in [-0.2, -0.15) is 4.39 Å². The average molecular weight is 528 g/mol. The first-order valence-electron chi connectivity index (χ1n) is 12.2. The molecule has 1 fully saturated rings. The van der Waals surface area contributed by atoms with E-state index in [2.05, 4.69) is 28.8 Å². The Morgan fingerprint density at radius 3 is 2.94 bits per heavy atom. The maximum absolute atomic E-state index is 13.9. The number of carbonyl (C=O) groups excluding carboxylic acids is 1. The van der Waals surface area contributed by atoms with Crippen molar-refractivity contribution in [3.8, 4) is 0 Å². The molecule has 1 heterocycles. The Morgan fingerprint density at radius 2 is 2.18 bits per heavy atom. The van der Waals surface area contributed by atoms with Gasteiger partial charge in [-0.1, -0.05) is 38.3 Å². The fraction of sp³-hybridized carbons (Fsp3) is 0.615. The summed E-state index contributed by atoms with van der Waals surface area (Å²) in [6.45, 7) is 2.17. The Morgan fingerprint density at radius 1 is 1.35 bits per heavy atom. The zero-order valence-electron chi connectivity index (χ0n) is 20.0. The van der Waals surface area contributed by atoms with Gasteiger partial charge in [0.1, 0.15) is 0 Å². The highest BCUT2D eigenvalue weighted by molar-refractivity contribution is 7.99. The highest BCUT2D eigenvalue weighted by Gasteiger charge is 2.34. The predicted octanol–water partition coefficient (Wildman–Crippen LogP) is 7.43. The van der Waals surface area contributed by atoms with E-state index >= 15 is 0 Å². The number of thioether (sulfide) groups is 1. The van der Waals surface area contributed by atoms with E-state index in [1.54, 1.807) is 0 Å². The fourth-order valence-electron chi connectivity index (χ4n) is 4.64. The lowest BCUT2D eigenvalue weighted by Gasteiger charge is -2.22. The van der Waals surface area contributed by atoms with Gasteiger partial charge in [-0.3, -0.25) is 0 Å². The molecule has 1 N–H and O–H groups in total. The Bertz CT molecular complexity index is 925. The standard InChI is InChI=1S/C26H35ClFNO3S2/c1-3-4-5-11-22(30)18-9-6-10-19(15-18)33-16-20-17(13-14-21(20)27)8-7-12-23-29-25(28)24(34-23)26(31)32-2/h6,9-10,15,17,20-22,30H,3-5,7-8,11-14,16H2,1-2H3/t17-,20+,21?,22?/m0/s1. The molecule has 0 saturated heterocycles. The number of hydrogen-bond donors (Lipinski definition) is 1. The second kappa shape index (κ2) is 13.8. The molecule has 1 aromatic carbocycles. The van der Waals surface area contributed by atoms with Crippen LogP contribution in [0.2, 0.25) is 0 Å². The molecular formula is C26H35ClFNO3S2. The molecule has 34 heavy (non-hydrogen) atoms. The van der Waals surface area contributed by atoms with E-state index in [0.717, 1.165) is 74.0 Å². The minimum atomic E-state index is -0.736. The number of carbonyl (C=O) groups is 1. The van der Waals surface area contributed by atoms with Crippen LogP contribution in [0.15, 0.2) is 29.2 Å². The number of ether oxygens (including phenoxy) is 1. The Labute approximate surface area is 215 Å². The molecule has 4 nitrogen and oxygen atoms in total. The number of aliphatic hydroxyl groups is 1. The van der Waals surface area contributed by atoms with Crippen LogP contribution in [0.3, 0.4) is 0 Å². The summed E-state index contributed by atoms with van der Waals surface area (Å²) in [7, 11) is 1.24. The van der Waals surface area contributed by atoms with Gasteiger partial charge in [-0.05, 0) is 68.1 Å². The monoisotopic (exact) mass is 527 g/mol. The van der Waals surface area contributed by atoms with Crippen LogP contribution in [-0.4, -0.2) is 34.3 Å². The number of rotatable bonds is 13. The molecule has 0 aliphatic heterocycles. The van der Waals surface area contributed by atoms with Crippen molar-refractivity contribution in [1.29, 1.82) is 0 Å². The van der Waals surface area contributed by atoms with E-state index in [1.165, 1.54) is 12.0 Å². The molecule has 0 amide bonds. The summed E-state index contributed by atoms with van der Waals surface area (Å²) < 4.78 is 18.5. The molecule has 2 unspecified atom stereocenters. The summed E-state index contributed by atoms with van der Waals surface area (Å²) >= 11 is 9.60. The van der Waals surface area contributed by atoms with Gasteiger partial charge in [0.15, 0.2) is 4.88 Å². The smallest absolute Gasteiger partial charge is 0.352 e. The number of nitrogens with zero attached hydrogens (tertiary/aromatic N) is 1. The molecule has 0 spiro atoms.